The normalized spacial score (nSPS) is 14.9. The molecule has 4 rings (SSSR count). The Balaban J connectivity index is 1.48. The van der Waals surface area contributed by atoms with E-state index in [1.807, 2.05) is 0 Å². The number of fused-ring (bicyclic) bond motifs is 1. The molecular weight excluding hydrogens is 382 g/mol. The number of carbonyl (C=O) groups excluding carboxylic acids is 2. The second-order valence-electron chi connectivity index (χ2n) is 6.71. The van der Waals surface area contributed by atoms with Crippen LogP contribution in [0.2, 0.25) is 0 Å². The summed E-state index contributed by atoms with van der Waals surface area (Å²) in [5.74, 6) is -1.35. The molecule has 1 aliphatic rings. The van der Waals surface area contributed by atoms with Gasteiger partial charge < -0.3 is 9.80 Å². The largest absolute Gasteiger partial charge is 0.337 e. The van der Waals surface area contributed by atoms with Crippen LogP contribution < -0.4 is 0 Å². The maximum absolute atomic E-state index is 13.9. The van der Waals surface area contributed by atoms with Crippen molar-refractivity contribution in [1.82, 2.24) is 9.80 Å². The maximum Gasteiger partial charge on any atom is 0.264 e. The molecule has 1 aromatic heterocycles. The molecule has 0 unspecified atom stereocenters. The Morgan fingerprint density at radius 3 is 2.32 bits per heavy atom. The number of amides is 2. The van der Waals surface area contributed by atoms with Crippen molar-refractivity contribution >= 4 is 33.2 Å². The quantitative estimate of drug-likeness (QED) is 0.648. The predicted molar refractivity (Wildman–Crippen MR) is 105 cm³/mol. The topological polar surface area (TPSA) is 40.6 Å². The van der Waals surface area contributed by atoms with Crippen LogP contribution in [0.4, 0.5) is 8.78 Å². The minimum absolute atomic E-state index is 0.0498. The summed E-state index contributed by atoms with van der Waals surface area (Å²) in [5.41, 5.74) is 0.0498. The molecule has 7 heteroatoms. The standard InChI is InChI=1S/C21H18F2N2O2S/c22-15-6-7-18-14(12-15)13-19(28-18)21(27)25-9-3-8-24(10-11-25)20(26)16-4-1-2-5-17(16)23/h1-2,4-7,12-13H,3,8-11H2. The zero-order chi connectivity index (χ0) is 19.7. The van der Waals surface area contributed by atoms with Gasteiger partial charge in [0.25, 0.3) is 11.8 Å². The van der Waals surface area contributed by atoms with Crippen molar-refractivity contribution < 1.29 is 18.4 Å². The Kier molecular flexibility index (Phi) is 5.09. The van der Waals surface area contributed by atoms with Gasteiger partial charge in [-0.3, -0.25) is 9.59 Å². The molecule has 3 aromatic rings. The molecule has 0 aliphatic carbocycles. The molecule has 1 saturated heterocycles. The first-order chi connectivity index (χ1) is 13.5. The van der Waals surface area contributed by atoms with Gasteiger partial charge in [0.05, 0.1) is 10.4 Å². The number of hydrogen-bond donors (Lipinski definition) is 0. The van der Waals surface area contributed by atoms with Crippen LogP contribution in [0.15, 0.2) is 48.5 Å². The molecule has 0 atom stereocenters. The van der Waals surface area contributed by atoms with Gasteiger partial charge in [-0.15, -0.1) is 11.3 Å². The number of carbonyl (C=O) groups is 2. The number of hydrogen-bond acceptors (Lipinski definition) is 3. The number of nitrogens with zero attached hydrogens (tertiary/aromatic N) is 2. The van der Waals surface area contributed by atoms with Crippen LogP contribution >= 0.6 is 11.3 Å². The highest BCUT2D eigenvalue weighted by Gasteiger charge is 2.25. The van der Waals surface area contributed by atoms with Crippen molar-refractivity contribution in [1.29, 1.82) is 0 Å². The minimum atomic E-state index is -0.540. The zero-order valence-corrected chi connectivity index (χ0v) is 15.8. The van der Waals surface area contributed by atoms with Gasteiger partial charge in [0.15, 0.2) is 0 Å². The zero-order valence-electron chi connectivity index (χ0n) is 15.0. The molecule has 2 aromatic carbocycles. The summed E-state index contributed by atoms with van der Waals surface area (Å²) < 4.78 is 28.2. The fourth-order valence-electron chi connectivity index (χ4n) is 3.40. The Morgan fingerprint density at radius 2 is 1.57 bits per heavy atom. The molecule has 1 aliphatic heterocycles. The first-order valence-corrected chi connectivity index (χ1v) is 9.87. The van der Waals surface area contributed by atoms with E-state index in [1.54, 1.807) is 34.1 Å². The van der Waals surface area contributed by atoms with Gasteiger partial charge in [-0.05, 0) is 48.2 Å². The first kappa shape index (κ1) is 18.6. The number of halogens is 2. The summed E-state index contributed by atoms with van der Waals surface area (Å²) in [6.07, 6.45) is 0.617. The average Bonchev–Trinajstić information content (AvgIpc) is 2.95. The fraction of sp³-hybridized carbons (Fsp3) is 0.238. The van der Waals surface area contributed by atoms with Gasteiger partial charge >= 0.3 is 0 Å². The lowest BCUT2D eigenvalue weighted by molar-refractivity contribution is 0.0718. The summed E-state index contributed by atoms with van der Waals surface area (Å²) >= 11 is 1.33. The molecular formula is C21H18F2N2O2S. The Bertz CT molecular complexity index is 1050. The lowest BCUT2D eigenvalue weighted by Gasteiger charge is -2.22. The van der Waals surface area contributed by atoms with E-state index >= 15 is 0 Å². The second-order valence-corrected chi connectivity index (χ2v) is 7.79. The molecule has 0 N–H and O–H groups in total. The number of benzene rings is 2. The highest BCUT2D eigenvalue weighted by molar-refractivity contribution is 7.20. The van der Waals surface area contributed by atoms with E-state index in [2.05, 4.69) is 0 Å². The van der Waals surface area contributed by atoms with Crippen LogP contribution in [-0.2, 0) is 0 Å². The van der Waals surface area contributed by atoms with Crippen LogP contribution in [0.5, 0.6) is 0 Å². The fourth-order valence-corrected chi connectivity index (χ4v) is 4.42. The lowest BCUT2D eigenvalue weighted by atomic mass is 10.2. The summed E-state index contributed by atoms with van der Waals surface area (Å²) in [5, 5.41) is 0.708. The third-order valence-corrected chi connectivity index (χ3v) is 5.97. The van der Waals surface area contributed by atoms with Gasteiger partial charge in [-0.25, -0.2) is 8.78 Å². The van der Waals surface area contributed by atoms with E-state index in [-0.39, 0.29) is 23.2 Å². The van der Waals surface area contributed by atoms with Crippen molar-refractivity contribution in [2.24, 2.45) is 0 Å². The minimum Gasteiger partial charge on any atom is -0.337 e. The molecule has 144 valence electrons. The van der Waals surface area contributed by atoms with E-state index in [1.165, 1.54) is 35.6 Å². The highest BCUT2D eigenvalue weighted by atomic mass is 32.1. The van der Waals surface area contributed by atoms with Crippen LogP contribution in [-0.4, -0.2) is 47.8 Å². The van der Waals surface area contributed by atoms with Crippen molar-refractivity contribution in [3.63, 3.8) is 0 Å². The number of thiophene rings is 1. The van der Waals surface area contributed by atoms with Gasteiger partial charge in [0, 0.05) is 30.9 Å². The molecule has 28 heavy (non-hydrogen) atoms. The molecule has 0 saturated carbocycles. The summed E-state index contributed by atoms with van der Waals surface area (Å²) in [6, 6.07) is 12.1. The Hall–Kier alpha value is -2.80. The lowest BCUT2D eigenvalue weighted by Crippen LogP contribution is -2.37. The Morgan fingerprint density at radius 1 is 0.857 bits per heavy atom. The highest BCUT2D eigenvalue weighted by Crippen LogP contribution is 2.27. The third kappa shape index (κ3) is 3.62. The van der Waals surface area contributed by atoms with Crippen LogP contribution in [0.3, 0.4) is 0 Å². The van der Waals surface area contributed by atoms with Crippen molar-refractivity contribution in [3.05, 3.63) is 70.6 Å². The summed E-state index contributed by atoms with van der Waals surface area (Å²) in [4.78, 5) is 29.3. The molecule has 0 spiro atoms. The Labute approximate surface area is 165 Å². The monoisotopic (exact) mass is 400 g/mol. The van der Waals surface area contributed by atoms with Crippen molar-refractivity contribution in [2.75, 3.05) is 26.2 Å². The predicted octanol–water partition coefficient (Wildman–Crippen LogP) is 4.17. The smallest absolute Gasteiger partial charge is 0.264 e. The van der Waals surface area contributed by atoms with Crippen LogP contribution in [0.25, 0.3) is 10.1 Å². The molecule has 4 nitrogen and oxygen atoms in total. The molecule has 2 heterocycles. The molecule has 2 amide bonds. The van der Waals surface area contributed by atoms with Crippen molar-refractivity contribution in [3.8, 4) is 0 Å². The molecule has 0 radical (unpaired) electrons. The second kappa shape index (κ2) is 7.67. The van der Waals surface area contributed by atoms with Crippen LogP contribution in [0.1, 0.15) is 26.5 Å². The van der Waals surface area contributed by atoms with E-state index in [4.69, 9.17) is 0 Å². The van der Waals surface area contributed by atoms with E-state index in [0.29, 0.717) is 42.9 Å². The maximum atomic E-state index is 13.9. The summed E-state index contributed by atoms with van der Waals surface area (Å²) in [6.45, 7) is 1.71. The average molecular weight is 400 g/mol. The van der Waals surface area contributed by atoms with Gasteiger partial charge in [0.2, 0.25) is 0 Å². The van der Waals surface area contributed by atoms with Crippen LogP contribution in [0, 0.1) is 11.6 Å². The molecule has 0 bridgehead atoms. The van der Waals surface area contributed by atoms with E-state index in [0.717, 1.165) is 4.70 Å². The molecule has 1 fully saturated rings. The van der Waals surface area contributed by atoms with E-state index in [9.17, 15) is 18.4 Å². The van der Waals surface area contributed by atoms with Crippen molar-refractivity contribution in [2.45, 2.75) is 6.42 Å². The first-order valence-electron chi connectivity index (χ1n) is 9.05. The van der Waals surface area contributed by atoms with E-state index < -0.39 is 5.82 Å². The number of rotatable bonds is 2. The van der Waals surface area contributed by atoms with Gasteiger partial charge in [0.1, 0.15) is 11.6 Å². The van der Waals surface area contributed by atoms with Gasteiger partial charge in [-0.1, -0.05) is 12.1 Å². The van der Waals surface area contributed by atoms with Gasteiger partial charge in [-0.2, -0.15) is 0 Å². The SMILES string of the molecule is O=C(c1cc2cc(F)ccc2s1)N1CCCN(C(=O)c2ccccc2F)CC1. The summed E-state index contributed by atoms with van der Waals surface area (Å²) in [7, 11) is 0. The third-order valence-electron chi connectivity index (χ3n) is 4.86.